The first kappa shape index (κ1) is 18.8. The Morgan fingerprint density at radius 3 is 2.52 bits per heavy atom. The molecule has 1 amide bonds. The monoisotopic (exact) mass is 356 g/mol. The lowest BCUT2D eigenvalue weighted by molar-refractivity contribution is -0.166. The molecule has 2 rings (SSSR count). The van der Waals surface area contributed by atoms with Gasteiger partial charge in [-0.15, -0.1) is 0 Å². The molecule has 5 nitrogen and oxygen atoms in total. The number of benzene rings is 1. The molecule has 0 fully saturated rings. The molecule has 0 saturated heterocycles. The minimum atomic E-state index is -4.91. The van der Waals surface area contributed by atoms with Crippen LogP contribution in [-0.4, -0.2) is 24.5 Å². The van der Waals surface area contributed by atoms with Gasteiger partial charge >= 0.3 is 6.18 Å². The molecule has 0 saturated carbocycles. The van der Waals surface area contributed by atoms with Gasteiger partial charge in [-0.25, -0.2) is 0 Å². The van der Waals surface area contributed by atoms with Gasteiger partial charge in [-0.05, 0) is 56.4 Å². The zero-order valence-electron chi connectivity index (χ0n) is 13.9. The van der Waals surface area contributed by atoms with E-state index < -0.39 is 17.9 Å². The van der Waals surface area contributed by atoms with Gasteiger partial charge in [0.15, 0.2) is 6.61 Å². The Balaban J connectivity index is 1.88. The molecule has 0 aromatic heterocycles. The molecule has 0 spiro atoms. The first-order valence-corrected chi connectivity index (χ1v) is 7.77. The van der Waals surface area contributed by atoms with Gasteiger partial charge in [0.25, 0.3) is 11.7 Å². The molecule has 1 aromatic rings. The van der Waals surface area contributed by atoms with E-state index in [4.69, 9.17) is 4.74 Å². The van der Waals surface area contributed by atoms with Crippen LogP contribution in [0.5, 0.6) is 5.75 Å². The third kappa shape index (κ3) is 4.98. The van der Waals surface area contributed by atoms with Crippen LogP contribution in [0, 0.1) is 13.8 Å². The summed E-state index contributed by atoms with van der Waals surface area (Å²) < 4.78 is 42.9. The Kier molecular flexibility index (Phi) is 5.71. The minimum Gasteiger partial charge on any atom is -0.484 e. The Hall–Kier alpha value is -2.51. The van der Waals surface area contributed by atoms with Crippen molar-refractivity contribution in [1.29, 1.82) is 0 Å². The third-order valence-corrected chi connectivity index (χ3v) is 3.95. The highest BCUT2D eigenvalue weighted by Gasteiger charge is 2.42. The zero-order chi connectivity index (χ0) is 18.6. The summed E-state index contributed by atoms with van der Waals surface area (Å²) >= 11 is 0. The topological polar surface area (TPSA) is 67.4 Å². The summed E-state index contributed by atoms with van der Waals surface area (Å²) in [6, 6.07) is 5.37. The van der Waals surface area contributed by atoms with Crippen LogP contribution in [0.4, 0.5) is 13.2 Å². The highest BCUT2D eigenvalue weighted by molar-refractivity contribution is 6.00. The Bertz CT molecular complexity index is 712. The highest BCUT2D eigenvalue weighted by atomic mass is 19.4. The molecule has 1 aliphatic rings. The van der Waals surface area contributed by atoms with Gasteiger partial charge in [0.1, 0.15) is 5.75 Å². The number of amides is 1. The summed E-state index contributed by atoms with van der Waals surface area (Å²) in [7, 11) is 0. The molecule has 0 bridgehead atoms. The van der Waals surface area contributed by atoms with E-state index in [1.165, 1.54) is 0 Å². The van der Waals surface area contributed by atoms with E-state index in [-0.39, 0.29) is 30.7 Å². The number of nitrogens with one attached hydrogen (secondary N) is 2. The maximum atomic E-state index is 12.5. The molecule has 8 heteroatoms. The fourth-order valence-electron chi connectivity index (χ4n) is 2.44. The van der Waals surface area contributed by atoms with E-state index in [0.29, 0.717) is 12.2 Å². The Labute approximate surface area is 143 Å². The molecule has 1 aromatic carbocycles. The standard InChI is InChI=1S/C17H19F3N2O3/c1-10-6-7-12(8-11(10)2)25-9-15(23)22-21-14-5-3-4-13(14)16(24)17(18,19)20/h6-8,21H,3-5,9H2,1-2H3,(H,22,23). The van der Waals surface area contributed by atoms with Crippen molar-refractivity contribution in [3.8, 4) is 5.75 Å². The van der Waals surface area contributed by atoms with Crippen LogP contribution in [0.2, 0.25) is 0 Å². The number of alkyl halides is 3. The number of Topliss-reactive ketones (excluding diaryl/α,β-unsaturated/α-hetero) is 1. The smallest absolute Gasteiger partial charge is 0.454 e. The van der Waals surface area contributed by atoms with E-state index in [9.17, 15) is 22.8 Å². The molecule has 25 heavy (non-hydrogen) atoms. The van der Waals surface area contributed by atoms with Gasteiger partial charge in [-0.3, -0.25) is 15.0 Å². The van der Waals surface area contributed by atoms with Gasteiger partial charge in [-0.1, -0.05) is 6.07 Å². The van der Waals surface area contributed by atoms with E-state index in [2.05, 4.69) is 10.9 Å². The third-order valence-electron chi connectivity index (χ3n) is 3.95. The van der Waals surface area contributed by atoms with Crippen molar-refractivity contribution < 1.29 is 27.5 Å². The maximum absolute atomic E-state index is 12.5. The molecule has 0 aliphatic heterocycles. The predicted molar refractivity (Wildman–Crippen MR) is 84.6 cm³/mol. The van der Waals surface area contributed by atoms with Crippen LogP contribution in [0.25, 0.3) is 0 Å². The van der Waals surface area contributed by atoms with Crippen LogP contribution in [-0.2, 0) is 9.59 Å². The SMILES string of the molecule is Cc1ccc(OCC(=O)NNC2=C(C(=O)C(F)(F)F)CCC2)cc1C. The number of allylic oxidation sites excluding steroid dienone is 2. The van der Waals surface area contributed by atoms with Gasteiger partial charge in [-0.2, -0.15) is 13.2 Å². The Morgan fingerprint density at radius 2 is 1.88 bits per heavy atom. The molecule has 0 unspecified atom stereocenters. The van der Waals surface area contributed by atoms with Crippen molar-refractivity contribution in [2.24, 2.45) is 0 Å². The number of halogens is 3. The summed E-state index contributed by atoms with van der Waals surface area (Å²) in [5, 5.41) is 0. The number of hydrazine groups is 1. The lowest BCUT2D eigenvalue weighted by Gasteiger charge is -2.13. The van der Waals surface area contributed by atoms with Crippen LogP contribution in [0.15, 0.2) is 29.5 Å². The quantitative estimate of drug-likeness (QED) is 0.769. The number of aryl methyl sites for hydroxylation is 2. The van der Waals surface area contributed by atoms with E-state index >= 15 is 0 Å². The van der Waals surface area contributed by atoms with Gasteiger partial charge in [0.2, 0.25) is 0 Å². The van der Waals surface area contributed by atoms with Crippen molar-refractivity contribution in [2.75, 3.05) is 6.61 Å². The molecule has 0 radical (unpaired) electrons. The van der Waals surface area contributed by atoms with E-state index in [0.717, 1.165) is 11.1 Å². The van der Waals surface area contributed by atoms with Gasteiger partial charge in [0.05, 0.1) is 0 Å². The Morgan fingerprint density at radius 1 is 1.16 bits per heavy atom. The van der Waals surface area contributed by atoms with Crippen molar-refractivity contribution >= 4 is 11.7 Å². The second-order valence-corrected chi connectivity index (χ2v) is 5.85. The maximum Gasteiger partial charge on any atom is 0.454 e. The fraction of sp³-hybridized carbons (Fsp3) is 0.412. The van der Waals surface area contributed by atoms with Gasteiger partial charge in [0, 0.05) is 11.3 Å². The summed E-state index contributed by atoms with van der Waals surface area (Å²) in [6.07, 6.45) is -4.18. The van der Waals surface area contributed by atoms with Crippen molar-refractivity contribution in [3.05, 3.63) is 40.6 Å². The molecule has 0 atom stereocenters. The average molecular weight is 356 g/mol. The number of ketones is 1. The fourth-order valence-corrected chi connectivity index (χ4v) is 2.44. The van der Waals surface area contributed by atoms with Crippen LogP contribution in [0.3, 0.4) is 0 Å². The van der Waals surface area contributed by atoms with E-state index in [1.54, 1.807) is 12.1 Å². The number of ether oxygens (including phenoxy) is 1. The first-order chi connectivity index (χ1) is 11.7. The normalized spacial score (nSPS) is 14.4. The predicted octanol–water partition coefficient (Wildman–Crippen LogP) is 2.87. The molecular weight excluding hydrogens is 337 g/mol. The summed E-state index contributed by atoms with van der Waals surface area (Å²) in [4.78, 5) is 23.1. The van der Waals surface area contributed by atoms with Crippen LogP contribution < -0.4 is 15.6 Å². The largest absolute Gasteiger partial charge is 0.484 e. The van der Waals surface area contributed by atoms with E-state index in [1.807, 2.05) is 19.9 Å². The van der Waals surface area contributed by atoms with Gasteiger partial charge < -0.3 is 10.2 Å². The average Bonchev–Trinajstić information content (AvgIpc) is 3.00. The first-order valence-electron chi connectivity index (χ1n) is 7.77. The molecular formula is C17H19F3N2O3. The van der Waals surface area contributed by atoms with Crippen LogP contribution in [0.1, 0.15) is 30.4 Å². The minimum absolute atomic E-state index is 0.0374. The zero-order valence-corrected chi connectivity index (χ0v) is 13.9. The summed E-state index contributed by atoms with van der Waals surface area (Å²) in [5.74, 6) is -1.91. The second kappa shape index (κ2) is 7.58. The number of carbonyl (C=O) groups is 2. The van der Waals surface area contributed by atoms with Crippen LogP contribution >= 0.6 is 0 Å². The molecule has 2 N–H and O–H groups in total. The number of rotatable bonds is 6. The van der Waals surface area contributed by atoms with Crippen molar-refractivity contribution in [1.82, 2.24) is 10.9 Å². The van der Waals surface area contributed by atoms with Crippen molar-refractivity contribution in [3.63, 3.8) is 0 Å². The summed E-state index contributed by atoms with van der Waals surface area (Å²) in [5.41, 5.74) is 6.56. The second-order valence-electron chi connectivity index (χ2n) is 5.85. The number of hydrogen-bond donors (Lipinski definition) is 2. The lowest BCUT2D eigenvalue weighted by atomic mass is 10.1. The number of hydrogen-bond acceptors (Lipinski definition) is 4. The van der Waals surface area contributed by atoms with Crippen molar-refractivity contribution in [2.45, 2.75) is 39.3 Å². The summed E-state index contributed by atoms with van der Waals surface area (Å²) in [6.45, 7) is 3.56. The molecule has 1 aliphatic carbocycles. The molecule has 0 heterocycles. The number of carbonyl (C=O) groups excluding carboxylic acids is 2. The highest BCUT2D eigenvalue weighted by Crippen LogP contribution is 2.30. The molecule has 136 valence electrons. The lowest BCUT2D eigenvalue weighted by Crippen LogP contribution is -2.40.